The van der Waals surface area contributed by atoms with E-state index >= 15 is 0 Å². The summed E-state index contributed by atoms with van der Waals surface area (Å²) in [6.45, 7) is 31.0. The van der Waals surface area contributed by atoms with Crippen LogP contribution in [-0.2, 0) is 26.2 Å². The maximum Gasteiger partial charge on any atom is 4.00 e. The van der Waals surface area contributed by atoms with Crippen molar-refractivity contribution in [2.24, 2.45) is 9.98 Å². The number of hydrogen-bond donors (Lipinski definition) is 0. The van der Waals surface area contributed by atoms with E-state index in [0.717, 1.165) is 66.5 Å². The second-order valence-electron chi connectivity index (χ2n) is 14.3. The van der Waals surface area contributed by atoms with Crippen LogP contribution >= 0.6 is 0 Å². The SMILES string of the molecule is CC(=Nc1c(C(C)C)cccc1C(C)C)[N-]CCCCC[N-]C(C)=Nc1c(C(C)C)cccc1C(C)C.[CH2-]c1ccccc1.[CH2-]c1ccccc1.[Zr+4]. The van der Waals surface area contributed by atoms with Gasteiger partial charge in [-0.3, -0.25) is 0 Å². The molecule has 0 bridgehead atoms. The quantitative estimate of drug-likeness (QED) is 0.0596. The molecule has 0 saturated carbocycles. The van der Waals surface area contributed by atoms with E-state index in [2.05, 4.69) is 106 Å². The Morgan fingerprint density at radius 1 is 0.462 bits per heavy atom. The first-order chi connectivity index (χ1) is 24.3. The van der Waals surface area contributed by atoms with Crippen LogP contribution in [0.1, 0.15) is 146 Å². The van der Waals surface area contributed by atoms with Crippen molar-refractivity contribution in [2.75, 3.05) is 13.1 Å². The van der Waals surface area contributed by atoms with Gasteiger partial charge in [-0.2, -0.15) is 49.2 Å². The molecule has 5 heteroatoms. The second-order valence-corrected chi connectivity index (χ2v) is 14.3. The summed E-state index contributed by atoms with van der Waals surface area (Å²) >= 11 is 0. The zero-order chi connectivity index (χ0) is 37.8. The van der Waals surface area contributed by atoms with Crippen LogP contribution in [0.4, 0.5) is 11.4 Å². The number of amidine groups is 2. The van der Waals surface area contributed by atoms with Crippen LogP contribution < -0.4 is 0 Å². The van der Waals surface area contributed by atoms with Gasteiger partial charge in [0, 0.05) is 0 Å². The second kappa shape index (κ2) is 25.4. The summed E-state index contributed by atoms with van der Waals surface area (Å²) in [4.78, 5) is 9.91. The number of hydrogen-bond acceptors (Lipinski definition) is 2. The largest absolute Gasteiger partial charge is 4.00 e. The van der Waals surface area contributed by atoms with Gasteiger partial charge in [0.2, 0.25) is 0 Å². The Morgan fingerprint density at radius 2 is 0.750 bits per heavy atom. The fourth-order valence-electron chi connectivity index (χ4n) is 5.51. The van der Waals surface area contributed by atoms with Gasteiger partial charge in [0.15, 0.2) is 0 Å². The van der Waals surface area contributed by atoms with E-state index in [1.807, 2.05) is 74.5 Å². The molecule has 0 spiro atoms. The standard InChI is InChI=1S/C33H50N4.2C7H7.Zr/c1-22(2)28-16-14-17-29(23(3)4)32(28)36-26(9)34-20-12-11-13-21-35-27(10)37-33-30(24(5)6)18-15-19-31(33)25(7)8;2*1-7-5-3-2-4-6-7;/h14-19,22-25H,11-13,20-21H2,1-10H3;2*2-6H,1H2;/q-2;2*-1;+4. The molecule has 0 fully saturated rings. The molecule has 0 radical (unpaired) electrons. The van der Waals surface area contributed by atoms with E-state index in [4.69, 9.17) is 20.6 Å². The first-order valence-corrected chi connectivity index (χ1v) is 18.8. The summed E-state index contributed by atoms with van der Waals surface area (Å²) in [5, 5.41) is 9.51. The van der Waals surface area contributed by atoms with Gasteiger partial charge in [0.05, 0.1) is 0 Å². The van der Waals surface area contributed by atoms with Gasteiger partial charge in [-0.1, -0.05) is 148 Å². The maximum absolute atomic E-state index is 4.95. The number of nitrogens with zero attached hydrogens (tertiary/aromatic N) is 4. The predicted octanol–water partition coefficient (Wildman–Crippen LogP) is 14.6. The van der Waals surface area contributed by atoms with Crippen LogP contribution in [0.15, 0.2) is 107 Å². The minimum absolute atomic E-state index is 0. The molecular weight excluding hydrogens is 712 g/mol. The molecule has 0 saturated heterocycles. The molecule has 4 nitrogen and oxygen atoms in total. The molecular formula is C47H64N4Zr. The predicted molar refractivity (Wildman–Crippen MR) is 227 cm³/mol. The fourth-order valence-corrected chi connectivity index (χ4v) is 5.51. The van der Waals surface area contributed by atoms with Crippen molar-refractivity contribution in [1.29, 1.82) is 0 Å². The average molecular weight is 776 g/mol. The van der Waals surface area contributed by atoms with Crippen molar-refractivity contribution < 1.29 is 26.2 Å². The van der Waals surface area contributed by atoms with Gasteiger partial charge in [-0.05, 0) is 71.1 Å². The fraction of sp³-hybridized carbons (Fsp3) is 0.404. The first kappa shape index (κ1) is 46.5. The molecule has 0 aliphatic rings. The maximum atomic E-state index is 4.95. The Balaban J connectivity index is 0.000000740. The van der Waals surface area contributed by atoms with Gasteiger partial charge in [-0.25, -0.2) is 0 Å². The summed E-state index contributed by atoms with van der Waals surface area (Å²) < 4.78 is 0. The van der Waals surface area contributed by atoms with Crippen LogP contribution in [0, 0.1) is 13.8 Å². The summed E-state index contributed by atoms with van der Waals surface area (Å²) in [5.41, 5.74) is 9.58. The molecule has 0 aliphatic heterocycles. The van der Waals surface area contributed by atoms with E-state index in [1.165, 1.54) is 22.3 Å². The molecule has 0 N–H and O–H groups in total. The molecule has 0 aromatic heterocycles. The third kappa shape index (κ3) is 17.3. The summed E-state index contributed by atoms with van der Waals surface area (Å²) in [7, 11) is 0. The minimum atomic E-state index is 0. The summed E-state index contributed by atoms with van der Waals surface area (Å²) in [6.07, 6.45) is 3.21. The van der Waals surface area contributed by atoms with Crippen LogP contribution in [0.2, 0.25) is 0 Å². The van der Waals surface area contributed by atoms with Crippen molar-refractivity contribution in [3.8, 4) is 0 Å². The zero-order valence-electron chi connectivity index (χ0n) is 33.8. The molecule has 52 heavy (non-hydrogen) atoms. The van der Waals surface area contributed by atoms with Gasteiger partial charge >= 0.3 is 26.2 Å². The van der Waals surface area contributed by atoms with Gasteiger partial charge in [0.25, 0.3) is 0 Å². The van der Waals surface area contributed by atoms with Crippen LogP contribution in [0.5, 0.6) is 0 Å². The number of benzene rings is 4. The Morgan fingerprint density at radius 3 is 0.981 bits per heavy atom. The van der Waals surface area contributed by atoms with Gasteiger partial charge in [-0.15, -0.1) is 24.3 Å². The summed E-state index contributed by atoms with van der Waals surface area (Å²) in [6, 6.07) is 32.8. The number of unbranched alkanes of at least 4 members (excludes halogenated alkanes) is 2. The summed E-state index contributed by atoms with van der Waals surface area (Å²) in [5.74, 6) is 3.50. The first-order valence-electron chi connectivity index (χ1n) is 18.8. The monoisotopic (exact) mass is 774 g/mol. The number of aliphatic imine (C=N–C) groups is 2. The Kier molecular flexibility index (Phi) is 22.7. The molecule has 0 unspecified atom stereocenters. The third-order valence-corrected chi connectivity index (χ3v) is 8.42. The molecule has 4 rings (SSSR count). The zero-order valence-corrected chi connectivity index (χ0v) is 36.2. The molecule has 0 aliphatic carbocycles. The van der Waals surface area contributed by atoms with E-state index in [-0.39, 0.29) is 26.2 Å². The Bertz CT molecular complexity index is 1430. The van der Waals surface area contributed by atoms with E-state index < -0.39 is 0 Å². The molecule has 0 atom stereocenters. The van der Waals surface area contributed by atoms with Crippen molar-refractivity contribution >= 4 is 23.0 Å². The Hall–Kier alpha value is -3.56. The van der Waals surface area contributed by atoms with Crippen molar-refractivity contribution in [3.05, 3.63) is 155 Å². The smallest absolute Gasteiger partial charge is 0.469 e. The number of rotatable bonds is 12. The molecule has 276 valence electrons. The average Bonchev–Trinajstić information content (AvgIpc) is 3.09. The van der Waals surface area contributed by atoms with Crippen LogP contribution in [0.25, 0.3) is 10.6 Å². The molecule has 4 aromatic carbocycles. The van der Waals surface area contributed by atoms with Crippen molar-refractivity contribution in [3.63, 3.8) is 0 Å². The molecule has 0 heterocycles. The van der Waals surface area contributed by atoms with Gasteiger partial charge < -0.3 is 20.6 Å². The number of para-hydroxylation sites is 2. The minimum Gasteiger partial charge on any atom is -0.469 e. The topological polar surface area (TPSA) is 52.9 Å². The van der Waals surface area contributed by atoms with Crippen LogP contribution in [-0.4, -0.2) is 24.8 Å². The van der Waals surface area contributed by atoms with E-state index in [9.17, 15) is 0 Å². The third-order valence-electron chi connectivity index (χ3n) is 8.42. The van der Waals surface area contributed by atoms with E-state index in [1.54, 1.807) is 0 Å². The van der Waals surface area contributed by atoms with Crippen LogP contribution in [0.3, 0.4) is 0 Å². The van der Waals surface area contributed by atoms with Crippen molar-refractivity contribution in [2.45, 2.75) is 112 Å². The molecule has 0 amide bonds. The molecule has 4 aromatic rings. The normalized spacial score (nSPS) is 11.4. The van der Waals surface area contributed by atoms with E-state index in [0.29, 0.717) is 23.7 Å². The Labute approximate surface area is 337 Å². The van der Waals surface area contributed by atoms with Crippen molar-refractivity contribution in [1.82, 2.24) is 0 Å². The van der Waals surface area contributed by atoms with Gasteiger partial charge in [0.1, 0.15) is 0 Å².